The van der Waals surface area contributed by atoms with Crippen LogP contribution in [-0.4, -0.2) is 18.2 Å². The van der Waals surface area contributed by atoms with Crippen LogP contribution >= 0.6 is 35.6 Å². The van der Waals surface area contributed by atoms with Gasteiger partial charge in [0.05, 0.1) is 11.3 Å². The van der Waals surface area contributed by atoms with Crippen molar-refractivity contribution < 1.29 is 14.6 Å². The Balaban J connectivity index is 3.17. The third-order valence-corrected chi connectivity index (χ3v) is 3.25. The van der Waals surface area contributed by atoms with Gasteiger partial charge in [-0.3, -0.25) is 0 Å². The van der Waals surface area contributed by atoms with Crippen LogP contribution in [0, 0.1) is 0 Å². The topological polar surface area (TPSA) is 46.5 Å². The molecule has 1 N–H and O–H groups in total. The summed E-state index contributed by atoms with van der Waals surface area (Å²) in [4.78, 5) is 11.0. The largest absolute Gasteiger partial charge is 0.505 e. The molecule has 1 aromatic heterocycles. The van der Waals surface area contributed by atoms with E-state index < -0.39 is 5.97 Å². The van der Waals surface area contributed by atoms with Crippen LogP contribution in [0.15, 0.2) is 4.21 Å². The van der Waals surface area contributed by atoms with Crippen LogP contribution in [0.3, 0.4) is 0 Å². The average Bonchev–Trinajstić information content (AvgIpc) is 2.32. The van der Waals surface area contributed by atoms with Gasteiger partial charge in [-0.1, -0.05) is 11.6 Å². The zero-order valence-electron chi connectivity index (χ0n) is 6.00. The molecule has 1 aromatic rings. The minimum absolute atomic E-state index is 0.0764. The molecule has 0 fully saturated rings. The Kier molecular flexibility index (Phi) is 2.87. The molecule has 0 saturated heterocycles. The van der Waals surface area contributed by atoms with Crippen molar-refractivity contribution in [1.82, 2.24) is 0 Å². The second-order valence-corrected chi connectivity index (χ2v) is 4.04. The number of esters is 1. The van der Waals surface area contributed by atoms with E-state index in [1.54, 1.807) is 0 Å². The molecule has 1 heterocycles. The molecule has 0 unspecified atom stereocenters. The highest BCUT2D eigenvalue weighted by atomic mass is 35.5. The first kappa shape index (κ1) is 9.70. The first-order valence-corrected chi connectivity index (χ1v) is 4.50. The summed E-state index contributed by atoms with van der Waals surface area (Å²) in [6.07, 6.45) is 0. The lowest BCUT2D eigenvalue weighted by atomic mass is 10.4. The van der Waals surface area contributed by atoms with Crippen molar-refractivity contribution in [2.24, 2.45) is 0 Å². The standard InChI is InChI=1S/C6H5ClO3S2/c1-10-5(9)4-3(8)2(7)6(11)12-4/h8,11H,1H3. The van der Waals surface area contributed by atoms with Gasteiger partial charge in [-0.2, -0.15) is 0 Å². The van der Waals surface area contributed by atoms with Gasteiger partial charge in [0.1, 0.15) is 5.02 Å². The number of hydrogen-bond acceptors (Lipinski definition) is 5. The second-order valence-electron chi connectivity index (χ2n) is 1.89. The van der Waals surface area contributed by atoms with Crippen molar-refractivity contribution in [2.75, 3.05) is 7.11 Å². The number of aromatic hydroxyl groups is 1. The van der Waals surface area contributed by atoms with E-state index in [1.165, 1.54) is 7.11 Å². The molecule has 0 aliphatic heterocycles. The van der Waals surface area contributed by atoms with Crippen LogP contribution in [0.25, 0.3) is 0 Å². The Bertz CT molecular complexity index is 321. The summed E-state index contributed by atoms with van der Waals surface area (Å²) >= 11 is 10.5. The smallest absolute Gasteiger partial charge is 0.351 e. The number of methoxy groups -OCH3 is 1. The Hall–Kier alpha value is -0.390. The van der Waals surface area contributed by atoms with Crippen LogP contribution in [0.1, 0.15) is 9.67 Å². The summed E-state index contributed by atoms with van der Waals surface area (Å²) in [5, 5.41) is 9.34. The first-order chi connectivity index (χ1) is 5.57. The van der Waals surface area contributed by atoms with Crippen LogP contribution in [0.2, 0.25) is 5.02 Å². The van der Waals surface area contributed by atoms with Gasteiger partial charge >= 0.3 is 5.97 Å². The zero-order chi connectivity index (χ0) is 9.30. The van der Waals surface area contributed by atoms with Gasteiger partial charge in [0.15, 0.2) is 10.6 Å². The van der Waals surface area contributed by atoms with Gasteiger partial charge in [-0.05, 0) is 0 Å². The van der Waals surface area contributed by atoms with Crippen molar-refractivity contribution >= 4 is 41.5 Å². The summed E-state index contributed by atoms with van der Waals surface area (Å²) in [5.74, 6) is -0.877. The third kappa shape index (κ3) is 1.53. The molecule has 0 saturated carbocycles. The second kappa shape index (κ2) is 3.55. The van der Waals surface area contributed by atoms with Gasteiger partial charge in [-0.15, -0.1) is 24.0 Å². The molecular formula is C6H5ClO3S2. The lowest BCUT2D eigenvalue weighted by molar-refractivity contribution is 0.0603. The van der Waals surface area contributed by atoms with E-state index in [9.17, 15) is 9.90 Å². The fourth-order valence-electron chi connectivity index (χ4n) is 0.622. The van der Waals surface area contributed by atoms with Crippen LogP contribution in [-0.2, 0) is 4.74 Å². The molecule has 0 aromatic carbocycles. The van der Waals surface area contributed by atoms with Crippen molar-refractivity contribution in [3.05, 3.63) is 9.90 Å². The highest BCUT2D eigenvalue weighted by Gasteiger charge is 2.20. The molecule has 0 atom stereocenters. The van der Waals surface area contributed by atoms with Crippen molar-refractivity contribution in [3.8, 4) is 5.75 Å². The molecule has 12 heavy (non-hydrogen) atoms. The van der Waals surface area contributed by atoms with E-state index in [1.807, 2.05) is 0 Å². The average molecular weight is 225 g/mol. The summed E-state index contributed by atoms with van der Waals surface area (Å²) in [7, 11) is 1.23. The Morgan fingerprint density at radius 3 is 2.67 bits per heavy atom. The van der Waals surface area contributed by atoms with Crippen LogP contribution in [0.4, 0.5) is 0 Å². The predicted molar refractivity (Wildman–Crippen MR) is 49.6 cm³/mol. The Labute approximate surface area is 83.3 Å². The number of ether oxygens (including phenoxy) is 1. The number of carbonyl (C=O) groups excluding carboxylic acids is 1. The van der Waals surface area contributed by atoms with E-state index in [-0.39, 0.29) is 15.6 Å². The molecule has 0 aliphatic carbocycles. The lowest BCUT2D eigenvalue weighted by Gasteiger charge is -1.94. The highest BCUT2D eigenvalue weighted by molar-refractivity contribution is 7.83. The number of halogens is 1. The maximum Gasteiger partial charge on any atom is 0.351 e. The van der Waals surface area contributed by atoms with Crippen molar-refractivity contribution in [2.45, 2.75) is 4.21 Å². The number of rotatable bonds is 1. The predicted octanol–water partition coefficient (Wildman–Crippen LogP) is 2.18. The van der Waals surface area contributed by atoms with Crippen molar-refractivity contribution in [1.29, 1.82) is 0 Å². The Morgan fingerprint density at radius 1 is 1.75 bits per heavy atom. The number of hydrogen-bond donors (Lipinski definition) is 2. The maximum atomic E-state index is 10.9. The van der Waals surface area contributed by atoms with E-state index in [2.05, 4.69) is 17.4 Å². The monoisotopic (exact) mass is 224 g/mol. The first-order valence-electron chi connectivity index (χ1n) is 2.86. The third-order valence-electron chi connectivity index (χ3n) is 1.18. The number of carbonyl (C=O) groups is 1. The maximum absolute atomic E-state index is 10.9. The van der Waals surface area contributed by atoms with Gasteiger partial charge in [0, 0.05) is 0 Å². The quantitative estimate of drug-likeness (QED) is 0.568. The van der Waals surface area contributed by atoms with E-state index in [0.717, 1.165) is 11.3 Å². The minimum atomic E-state index is -0.611. The summed E-state index contributed by atoms with van der Waals surface area (Å²) in [6.45, 7) is 0. The lowest BCUT2D eigenvalue weighted by Crippen LogP contribution is -1.97. The minimum Gasteiger partial charge on any atom is -0.505 e. The molecular weight excluding hydrogens is 220 g/mol. The summed E-state index contributed by atoms with van der Waals surface area (Å²) < 4.78 is 4.80. The summed E-state index contributed by atoms with van der Waals surface area (Å²) in [6, 6.07) is 0. The molecule has 0 aliphatic rings. The molecule has 0 amide bonds. The molecule has 1 rings (SSSR count). The van der Waals surface area contributed by atoms with E-state index in [4.69, 9.17) is 11.6 Å². The number of thiol groups is 1. The van der Waals surface area contributed by atoms with E-state index >= 15 is 0 Å². The molecule has 0 bridgehead atoms. The van der Waals surface area contributed by atoms with Gasteiger partial charge < -0.3 is 9.84 Å². The van der Waals surface area contributed by atoms with Crippen molar-refractivity contribution in [3.63, 3.8) is 0 Å². The zero-order valence-corrected chi connectivity index (χ0v) is 8.46. The SMILES string of the molecule is COC(=O)c1sc(S)c(Cl)c1O. The molecule has 0 radical (unpaired) electrons. The fourth-order valence-corrected chi connectivity index (χ4v) is 2.01. The Morgan fingerprint density at radius 2 is 2.33 bits per heavy atom. The molecule has 3 nitrogen and oxygen atoms in total. The number of thiophene rings is 1. The van der Waals surface area contributed by atoms with Gasteiger partial charge in [0.2, 0.25) is 0 Å². The summed E-state index contributed by atoms with van der Waals surface area (Å²) in [5.41, 5.74) is 0. The van der Waals surface area contributed by atoms with Crippen LogP contribution in [0.5, 0.6) is 5.75 Å². The molecule has 66 valence electrons. The molecule has 6 heteroatoms. The van der Waals surface area contributed by atoms with Crippen LogP contribution < -0.4 is 0 Å². The fraction of sp³-hybridized carbons (Fsp3) is 0.167. The molecule has 0 spiro atoms. The van der Waals surface area contributed by atoms with E-state index in [0.29, 0.717) is 4.21 Å². The van der Waals surface area contributed by atoms with Gasteiger partial charge in [0.25, 0.3) is 0 Å². The highest BCUT2D eigenvalue weighted by Crippen LogP contribution is 2.40. The van der Waals surface area contributed by atoms with Gasteiger partial charge in [-0.25, -0.2) is 4.79 Å². The normalized spacial score (nSPS) is 9.92.